The third kappa shape index (κ3) is 6.22. The summed E-state index contributed by atoms with van der Waals surface area (Å²) in [5.41, 5.74) is 24.1. The standard InChI is InChI=1S/C70H50N2/c1-69(2)62-32-15-12-29-57(62)61-46-55(41-43-63(61)69)71(53-26-10-5-11-27-53)54-39-36-47(37-40-54)48-20-18-21-49(44-48)50-38-42-59-58-30-14-17-34-65(58)72(67(59)45-50)66-35-19-31-60-56-28-13-16-33-64(56)70(68(60)66,51-22-6-3-7-23-51)52-24-8-4-9-25-52/h3-46H,1-2H3. The first-order valence-corrected chi connectivity index (χ1v) is 25.2. The molecule has 1 heterocycles. The lowest BCUT2D eigenvalue weighted by Crippen LogP contribution is -2.29. The van der Waals surface area contributed by atoms with Crippen molar-refractivity contribution in [1.82, 2.24) is 4.57 Å². The second-order valence-corrected chi connectivity index (χ2v) is 20.0. The zero-order chi connectivity index (χ0) is 48.0. The summed E-state index contributed by atoms with van der Waals surface area (Å²) in [6, 6.07) is 99.0. The molecule has 12 aromatic rings. The maximum absolute atomic E-state index is 2.54. The topological polar surface area (TPSA) is 8.17 Å². The predicted molar refractivity (Wildman–Crippen MR) is 301 cm³/mol. The molecule has 0 unspecified atom stereocenters. The van der Waals surface area contributed by atoms with Crippen LogP contribution in [0.3, 0.4) is 0 Å². The molecule has 0 saturated carbocycles. The average molecular weight is 919 g/mol. The Morgan fingerprint density at radius 3 is 1.57 bits per heavy atom. The van der Waals surface area contributed by atoms with Gasteiger partial charge in [-0.25, -0.2) is 0 Å². The molecule has 0 aliphatic heterocycles. The van der Waals surface area contributed by atoms with Crippen LogP contribution in [0.5, 0.6) is 0 Å². The molecular weight excluding hydrogens is 869 g/mol. The van der Waals surface area contributed by atoms with Gasteiger partial charge in [-0.2, -0.15) is 0 Å². The normalized spacial score (nSPS) is 13.6. The molecule has 11 aromatic carbocycles. The van der Waals surface area contributed by atoms with E-state index in [2.05, 4.69) is 290 Å². The fourth-order valence-corrected chi connectivity index (χ4v) is 12.6. The number of hydrogen-bond donors (Lipinski definition) is 0. The molecule has 1 aromatic heterocycles. The molecule has 72 heavy (non-hydrogen) atoms. The SMILES string of the molecule is CC1(C)c2ccccc2-c2cc(N(c3ccccc3)c3ccc(-c4cccc(-c5ccc6c7ccccc7n(-c7cccc8c7C(c7ccccc7)(c7ccccc7)c7ccccc7-8)c6c5)c4)cc3)ccc21. The van der Waals surface area contributed by atoms with Gasteiger partial charge in [-0.3, -0.25) is 0 Å². The van der Waals surface area contributed by atoms with Crippen molar-refractivity contribution < 1.29 is 0 Å². The summed E-state index contributed by atoms with van der Waals surface area (Å²) in [7, 11) is 0. The second kappa shape index (κ2) is 16.3. The van der Waals surface area contributed by atoms with Crippen molar-refractivity contribution in [3.8, 4) is 50.2 Å². The van der Waals surface area contributed by atoms with Crippen LogP contribution < -0.4 is 4.90 Å². The number of rotatable bonds is 8. The Morgan fingerprint density at radius 1 is 0.319 bits per heavy atom. The number of aromatic nitrogens is 1. The lowest BCUT2D eigenvalue weighted by atomic mass is 9.67. The van der Waals surface area contributed by atoms with Gasteiger partial charge in [0, 0.05) is 38.8 Å². The highest BCUT2D eigenvalue weighted by atomic mass is 15.1. The molecule has 0 bridgehead atoms. The largest absolute Gasteiger partial charge is 0.310 e. The maximum Gasteiger partial charge on any atom is 0.0734 e. The van der Waals surface area contributed by atoms with Gasteiger partial charge in [0.25, 0.3) is 0 Å². The first-order valence-electron chi connectivity index (χ1n) is 25.2. The number of hydrogen-bond acceptors (Lipinski definition) is 1. The van der Waals surface area contributed by atoms with Crippen molar-refractivity contribution in [1.29, 1.82) is 0 Å². The molecule has 0 saturated heterocycles. The number of para-hydroxylation sites is 2. The first-order chi connectivity index (χ1) is 35.5. The van der Waals surface area contributed by atoms with Gasteiger partial charge in [-0.1, -0.05) is 220 Å². The maximum atomic E-state index is 2.54. The summed E-state index contributed by atoms with van der Waals surface area (Å²) in [6.07, 6.45) is 0. The lowest BCUT2D eigenvalue weighted by Gasteiger charge is -2.35. The molecule has 2 nitrogen and oxygen atoms in total. The Kier molecular flexibility index (Phi) is 9.50. The molecule has 14 rings (SSSR count). The van der Waals surface area contributed by atoms with E-state index in [1.165, 1.54) is 105 Å². The van der Waals surface area contributed by atoms with E-state index in [0.717, 1.165) is 17.1 Å². The highest BCUT2D eigenvalue weighted by Crippen LogP contribution is 2.58. The van der Waals surface area contributed by atoms with Crippen molar-refractivity contribution in [2.75, 3.05) is 4.90 Å². The van der Waals surface area contributed by atoms with Crippen molar-refractivity contribution in [3.63, 3.8) is 0 Å². The van der Waals surface area contributed by atoms with Crippen LogP contribution in [0.15, 0.2) is 267 Å². The molecular formula is C70H50N2. The highest BCUT2D eigenvalue weighted by Gasteiger charge is 2.48. The quantitative estimate of drug-likeness (QED) is 0.147. The Labute approximate surface area is 421 Å². The van der Waals surface area contributed by atoms with Gasteiger partial charge in [-0.15, -0.1) is 0 Å². The molecule has 2 aliphatic rings. The van der Waals surface area contributed by atoms with E-state index >= 15 is 0 Å². The fraction of sp³-hybridized carbons (Fsp3) is 0.0571. The lowest BCUT2D eigenvalue weighted by molar-refractivity contribution is 0.660. The smallest absolute Gasteiger partial charge is 0.0734 e. The molecule has 2 aliphatic carbocycles. The molecule has 0 atom stereocenters. The zero-order valence-electron chi connectivity index (χ0n) is 40.3. The van der Waals surface area contributed by atoms with E-state index in [0.29, 0.717) is 0 Å². The van der Waals surface area contributed by atoms with E-state index in [1.54, 1.807) is 0 Å². The molecule has 0 fully saturated rings. The average Bonchev–Trinajstić information content (AvgIpc) is 4.03. The predicted octanol–water partition coefficient (Wildman–Crippen LogP) is 18.3. The van der Waals surface area contributed by atoms with Crippen molar-refractivity contribution >= 4 is 38.9 Å². The van der Waals surface area contributed by atoms with Crippen LogP contribution in [0.25, 0.3) is 72.0 Å². The second-order valence-electron chi connectivity index (χ2n) is 20.0. The van der Waals surface area contributed by atoms with Gasteiger partial charge in [0.05, 0.1) is 22.1 Å². The molecule has 340 valence electrons. The van der Waals surface area contributed by atoms with Crippen LogP contribution in [0.1, 0.15) is 47.2 Å². The van der Waals surface area contributed by atoms with Crippen molar-refractivity contribution in [2.24, 2.45) is 0 Å². The molecule has 0 spiro atoms. The van der Waals surface area contributed by atoms with Crippen molar-refractivity contribution in [2.45, 2.75) is 24.7 Å². The summed E-state index contributed by atoms with van der Waals surface area (Å²) < 4.78 is 2.54. The molecule has 0 amide bonds. The summed E-state index contributed by atoms with van der Waals surface area (Å²) >= 11 is 0. The third-order valence-corrected chi connectivity index (χ3v) is 15.9. The number of benzene rings is 11. The van der Waals surface area contributed by atoms with Gasteiger partial charge >= 0.3 is 0 Å². The third-order valence-electron chi connectivity index (χ3n) is 15.9. The van der Waals surface area contributed by atoms with E-state index in [4.69, 9.17) is 0 Å². The van der Waals surface area contributed by atoms with Crippen molar-refractivity contribution in [3.05, 3.63) is 300 Å². The van der Waals surface area contributed by atoms with E-state index in [9.17, 15) is 0 Å². The molecule has 0 radical (unpaired) electrons. The van der Waals surface area contributed by atoms with Gasteiger partial charge in [0.2, 0.25) is 0 Å². The van der Waals surface area contributed by atoms with Gasteiger partial charge < -0.3 is 9.47 Å². The van der Waals surface area contributed by atoms with E-state index < -0.39 is 5.41 Å². The Balaban J connectivity index is 0.885. The van der Waals surface area contributed by atoms with Crippen LogP contribution in [0.2, 0.25) is 0 Å². The van der Waals surface area contributed by atoms with Gasteiger partial charge in [0.15, 0.2) is 0 Å². The monoisotopic (exact) mass is 918 g/mol. The van der Waals surface area contributed by atoms with Crippen LogP contribution in [0.4, 0.5) is 17.1 Å². The summed E-state index contributed by atoms with van der Waals surface area (Å²) in [4.78, 5) is 2.38. The summed E-state index contributed by atoms with van der Waals surface area (Å²) in [6.45, 7) is 4.68. The Morgan fingerprint density at radius 2 is 0.833 bits per heavy atom. The van der Waals surface area contributed by atoms with Gasteiger partial charge in [0.1, 0.15) is 0 Å². The summed E-state index contributed by atoms with van der Waals surface area (Å²) in [5, 5.41) is 2.47. The number of fused-ring (bicyclic) bond motifs is 9. The fourth-order valence-electron chi connectivity index (χ4n) is 12.6. The molecule has 2 heteroatoms. The first kappa shape index (κ1) is 41.9. The molecule has 0 N–H and O–H groups in total. The Bertz CT molecular complexity index is 4010. The number of anilines is 3. The minimum atomic E-state index is -0.549. The van der Waals surface area contributed by atoms with Gasteiger partial charge in [-0.05, 0) is 133 Å². The minimum Gasteiger partial charge on any atom is -0.310 e. The van der Waals surface area contributed by atoms with E-state index in [1.807, 2.05) is 0 Å². The summed E-state index contributed by atoms with van der Waals surface area (Å²) in [5.74, 6) is 0. The minimum absolute atomic E-state index is 0.0460. The highest BCUT2D eigenvalue weighted by molar-refractivity contribution is 6.11. The van der Waals surface area contributed by atoms with Crippen LogP contribution in [-0.4, -0.2) is 4.57 Å². The number of nitrogens with zero attached hydrogens (tertiary/aromatic N) is 2. The van der Waals surface area contributed by atoms with Crippen LogP contribution in [-0.2, 0) is 10.8 Å². The zero-order valence-corrected chi connectivity index (χ0v) is 40.3. The van der Waals surface area contributed by atoms with Crippen LogP contribution in [0, 0.1) is 0 Å². The van der Waals surface area contributed by atoms with E-state index in [-0.39, 0.29) is 5.41 Å². The van der Waals surface area contributed by atoms with Crippen LogP contribution >= 0.6 is 0 Å². The Hall–Kier alpha value is -8.98.